The van der Waals surface area contributed by atoms with E-state index in [0.717, 1.165) is 6.54 Å². The van der Waals surface area contributed by atoms with Crippen LogP contribution in [-0.2, 0) is 9.47 Å². The minimum absolute atomic E-state index is 0.0799. The van der Waals surface area contributed by atoms with Gasteiger partial charge in [-0.15, -0.1) is 0 Å². The van der Waals surface area contributed by atoms with Gasteiger partial charge in [-0.1, -0.05) is 0 Å². The Morgan fingerprint density at radius 1 is 1.75 bits per heavy atom. The van der Waals surface area contributed by atoms with Crippen LogP contribution in [0.25, 0.3) is 0 Å². The van der Waals surface area contributed by atoms with Crippen molar-refractivity contribution in [3.63, 3.8) is 0 Å². The van der Waals surface area contributed by atoms with E-state index >= 15 is 0 Å². The van der Waals surface area contributed by atoms with Crippen LogP contribution in [-0.4, -0.2) is 33.1 Å². The van der Waals surface area contributed by atoms with Crippen molar-refractivity contribution in [3.05, 3.63) is 0 Å². The fourth-order valence-electron chi connectivity index (χ4n) is 0.641. The molecule has 1 unspecified atom stereocenters. The molecule has 0 aromatic rings. The zero-order valence-electron chi connectivity index (χ0n) is 4.96. The molecule has 1 rings (SSSR count). The van der Waals surface area contributed by atoms with Crippen LogP contribution < -0.4 is 5.32 Å². The number of ether oxygens (including phenoxy) is 2. The van der Waals surface area contributed by atoms with E-state index in [1.165, 1.54) is 0 Å². The molecule has 3 nitrogen and oxygen atoms in total. The number of hydrogen-bond acceptors (Lipinski definition) is 2. The van der Waals surface area contributed by atoms with Crippen LogP contribution in [0, 0.1) is 0 Å². The highest BCUT2D eigenvalue weighted by Crippen LogP contribution is 1.95. The van der Waals surface area contributed by atoms with Crippen molar-refractivity contribution in [3.8, 4) is 0 Å². The summed E-state index contributed by atoms with van der Waals surface area (Å²) in [5, 5.41) is 4.08. The number of nitrogens with zero attached hydrogens (tertiary/aromatic N) is 1. The highest BCUT2D eigenvalue weighted by atomic mass is 16.7. The van der Waals surface area contributed by atoms with Gasteiger partial charge in [0.25, 0.3) is 0 Å². The lowest BCUT2D eigenvalue weighted by Crippen LogP contribution is -2.35. The minimum atomic E-state index is -0.0799. The summed E-state index contributed by atoms with van der Waals surface area (Å²) in [7, 11) is 1.63. The summed E-state index contributed by atoms with van der Waals surface area (Å²) < 4.78 is 9.99. The van der Waals surface area contributed by atoms with Crippen LogP contribution >= 0.6 is 0 Å². The van der Waals surface area contributed by atoms with Crippen molar-refractivity contribution in [1.29, 1.82) is 0 Å². The maximum atomic E-state index is 5.11. The molecule has 0 aromatic heterocycles. The van der Waals surface area contributed by atoms with Gasteiger partial charge < -0.3 is 9.47 Å². The first kappa shape index (κ1) is 6.01. The van der Waals surface area contributed by atoms with Crippen LogP contribution in [0.5, 0.6) is 0 Å². The Morgan fingerprint density at radius 2 is 2.62 bits per heavy atom. The third-order valence-corrected chi connectivity index (χ3v) is 1.09. The normalized spacial score (nSPS) is 30.4. The Bertz CT molecular complexity index is 61.4. The van der Waals surface area contributed by atoms with Gasteiger partial charge in [-0.2, -0.15) is 0 Å². The van der Waals surface area contributed by atoms with E-state index in [1.807, 2.05) is 0 Å². The van der Waals surface area contributed by atoms with Crippen molar-refractivity contribution in [2.75, 3.05) is 26.8 Å². The first-order valence-electron chi connectivity index (χ1n) is 2.71. The van der Waals surface area contributed by atoms with Crippen LogP contribution in [0.3, 0.4) is 0 Å². The van der Waals surface area contributed by atoms with Crippen LogP contribution in [0.4, 0.5) is 0 Å². The summed E-state index contributed by atoms with van der Waals surface area (Å²) in [6.45, 7) is 2.22. The Balaban J connectivity index is 2.13. The predicted octanol–water partition coefficient (Wildman–Crippen LogP) is -0.407. The number of morpholine rings is 1. The quantitative estimate of drug-likeness (QED) is 0.466. The van der Waals surface area contributed by atoms with E-state index < -0.39 is 0 Å². The molecule has 0 spiro atoms. The molecule has 0 bridgehead atoms. The second-order valence-electron chi connectivity index (χ2n) is 1.67. The van der Waals surface area contributed by atoms with Crippen LogP contribution in [0.15, 0.2) is 0 Å². The molecule has 1 heterocycles. The molecule has 0 aromatic carbocycles. The van der Waals surface area contributed by atoms with Gasteiger partial charge in [0.15, 0.2) is 6.29 Å². The molecule has 0 saturated carbocycles. The Kier molecular flexibility index (Phi) is 2.27. The molecule has 47 valence electrons. The van der Waals surface area contributed by atoms with Crippen molar-refractivity contribution in [2.24, 2.45) is 0 Å². The summed E-state index contributed by atoms with van der Waals surface area (Å²) in [5.74, 6) is 0. The van der Waals surface area contributed by atoms with E-state index in [0.29, 0.717) is 13.2 Å². The SMILES string of the molecule is COC1C[N]CCO1. The Labute approximate surface area is 49.0 Å². The molecule has 1 fully saturated rings. The average Bonchev–Trinajstić information content (AvgIpc) is 1.90. The zero-order chi connectivity index (χ0) is 5.82. The molecule has 1 atom stereocenters. The summed E-state index contributed by atoms with van der Waals surface area (Å²) >= 11 is 0. The maximum Gasteiger partial charge on any atom is 0.171 e. The van der Waals surface area contributed by atoms with E-state index in [9.17, 15) is 0 Å². The fraction of sp³-hybridized carbons (Fsp3) is 1.00. The standard InChI is InChI=1S/C5H10NO2/c1-7-5-4-6-2-3-8-5/h5H,2-4H2,1H3. The lowest BCUT2D eigenvalue weighted by atomic mass is 10.5. The van der Waals surface area contributed by atoms with E-state index in [1.54, 1.807) is 7.11 Å². The van der Waals surface area contributed by atoms with Gasteiger partial charge in [-0.25, -0.2) is 5.32 Å². The summed E-state index contributed by atoms with van der Waals surface area (Å²) in [4.78, 5) is 0. The van der Waals surface area contributed by atoms with E-state index in [-0.39, 0.29) is 6.29 Å². The molecule has 1 aliphatic heterocycles. The van der Waals surface area contributed by atoms with Crippen molar-refractivity contribution >= 4 is 0 Å². The van der Waals surface area contributed by atoms with Gasteiger partial charge in [0.2, 0.25) is 0 Å². The summed E-state index contributed by atoms with van der Waals surface area (Å²) in [5.41, 5.74) is 0. The molecule has 8 heavy (non-hydrogen) atoms. The molecule has 1 saturated heterocycles. The lowest BCUT2D eigenvalue weighted by Gasteiger charge is -2.20. The third-order valence-electron chi connectivity index (χ3n) is 1.09. The monoisotopic (exact) mass is 116 g/mol. The van der Waals surface area contributed by atoms with Gasteiger partial charge in [-0.3, -0.25) is 0 Å². The zero-order valence-corrected chi connectivity index (χ0v) is 4.96. The van der Waals surface area contributed by atoms with Crippen molar-refractivity contribution < 1.29 is 9.47 Å². The first-order chi connectivity index (χ1) is 3.93. The van der Waals surface area contributed by atoms with Gasteiger partial charge in [0.1, 0.15) is 0 Å². The summed E-state index contributed by atoms with van der Waals surface area (Å²) in [6, 6.07) is 0. The lowest BCUT2D eigenvalue weighted by molar-refractivity contribution is -0.136. The average molecular weight is 116 g/mol. The second kappa shape index (κ2) is 3.02. The number of rotatable bonds is 1. The third kappa shape index (κ3) is 1.43. The van der Waals surface area contributed by atoms with Crippen molar-refractivity contribution in [1.82, 2.24) is 5.32 Å². The maximum absolute atomic E-state index is 5.11. The van der Waals surface area contributed by atoms with Gasteiger partial charge >= 0.3 is 0 Å². The van der Waals surface area contributed by atoms with E-state index in [4.69, 9.17) is 9.47 Å². The van der Waals surface area contributed by atoms with Gasteiger partial charge in [0.05, 0.1) is 13.2 Å². The predicted molar refractivity (Wildman–Crippen MR) is 28.6 cm³/mol. The van der Waals surface area contributed by atoms with Crippen LogP contribution in [0.1, 0.15) is 0 Å². The first-order valence-corrected chi connectivity index (χ1v) is 2.71. The molecule has 0 N–H and O–H groups in total. The molecule has 0 amide bonds. The summed E-state index contributed by atoms with van der Waals surface area (Å²) in [6.07, 6.45) is -0.0799. The van der Waals surface area contributed by atoms with E-state index in [2.05, 4.69) is 5.32 Å². The Morgan fingerprint density at radius 3 is 3.00 bits per heavy atom. The largest absolute Gasteiger partial charge is 0.354 e. The molecular weight excluding hydrogens is 106 g/mol. The minimum Gasteiger partial charge on any atom is -0.354 e. The molecule has 1 aliphatic rings. The van der Waals surface area contributed by atoms with Crippen LogP contribution in [0.2, 0.25) is 0 Å². The second-order valence-corrected chi connectivity index (χ2v) is 1.67. The highest BCUT2D eigenvalue weighted by Gasteiger charge is 2.11. The highest BCUT2D eigenvalue weighted by molar-refractivity contribution is 4.55. The van der Waals surface area contributed by atoms with Crippen molar-refractivity contribution in [2.45, 2.75) is 6.29 Å². The smallest absolute Gasteiger partial charge is 0.171 e. The van der Waals surface area contributed by atoms with Gasteiger partial charge in [0, 0.05) is 13.7 Å². The fourth-order valence-corrected chi connectivity index (χ4v) is 0.641. The topological polar surface area (TPSA) is 32.6 Å². The molecule has 3 heteroatoms. The molecule has 1 radical (unpaired) electrons. The number of hydrogen-bond donors (Lipinski definition) is 0. The number of methoxy groups -OCH3 is 1. The van der Waals surface area contributed by atoms with Gasteiger partial charge in [-0.05, 0) is 0 Å². The molecular formula is C5H10NO2. The Hall–Kier alpha value is -0.120. The molecule has 0 aliphatic carbocycles.